The van der Waals surface area contributed by atoms with E-state index in [0.29, 0.717) is 6.04 Å². The van der Waals surface area contributed by atoms with Crippen molar-refractivity contribution in [3.05, 3.63) is 59.4 Å². The molecule has 28 heavy (non-hydrogen) atoms. The van der Waals surface area contributed by atoms with Gasteiger partial charge in [-0.05, 0) is 43.2 Å². The Bertz CT molecular complexity index is 778. The Morgan fingerprint density at radius 2 is 1.96 bits per heavy atom. The van der Waals surface area contributed by atoms with E-state index in [2.05, 4.69) is 44.4 Å². The lowest BCUT2D eigenvalue weighted by Crippen LogP contribution is -2.52. The van der Waals surface area contributed by atoms with Crippen molar-refractivity contribution in [2.24, 2.45) is 0 Å². The molecule has 150 valence electrons. The van der Waals surface area contributed by atoms with Crippen molar-refractivity contribution < 1.29 is 9.90 Å². The summed E-state index contributed by atoms with van der Waals surface area (Å²) in [6.07, 6.45) is 0.768. The first-order valence-electron chi connectivity index (χ1n) is 9.90. The van der Waals surface area contributed by atoms with Crippen LogP contribution in [0.2, 0.25) is 0 Å². The third-order valence-electron chi connectivity index (χ3n) is 5.14. The summed E-state index contributed by atoms with van der Waals surface area (Å²) in [5.74, 6) is -0.0567. The topological polar surface area (TPSA) is 68.7 Å². The summed E-state index contributed by atoms with van der Waals surface area (Å²) in [7, 11) is 0. The third kappa shape index (κ3) is 5.86. The SMILES string of the molecule is CC(=O)Nc1ccc(CN2CCN(Cc3cccc(C)n3)[C@@H](CCO)C2)cc1. The van der Waals surface area contributed by atoms with Crippen molar-refractivity contribution in [1.29, 1.82) is 0 Å². The van der Waals surface area contributed by atoms with E-state index in [9.17, 15) is 9.90 Å². The maximum absolute atomic E-state index is 11.1. The molecule has 1 saturated heterocycles. The molecule has 0 radical (unpaired) electrons. The summed E-state index contributed by atoms with van der Waals surface area (Å²) < 4.78 is 0. The smallest absolute Gasteiger partial charge is 0.221 e. The number of amides is 1. The number of carbonyl (C=O) groups is 1. The molecular formula is C22H30N4O2. The lowest BCUT2D eigenvalue weighted by molar-refractivity contribution is -0.114. The molecule has 6 nitrogen and oxygen atoms in total. The third-order valence-corrected chi connectivity index (χ3v) is 5.14. The molecule has 2 aromatic rings. The average molecular weight is 383 g/mol. The van der Waals surface area contributed by atoms with Gasteiger partial charge in [0.15, 0.2) is 0 Å². The quantitative estimate of drug-likeness (QED) is 0.770. The summed E-state index contributed by atoms with van der Waals surface area (Å²) in [6.45, 7) is 8.31. The van der Waals surface area contributed by atoms with Gasteiger partial charge in [0.05, 0.1) is 5.69 Å². The number of benzene rings is 1. The van der Waals surface area contributed by atoms with Crippen molar-refractivity contribution in [2.75, 3.05) is 31.6 Å². The van der Waals surface area contributed by atoms with Crippen molar-refractivity contribution >= 4 is 11.6 Å². The van der Waals surface area contributed by atoms with Gasteiger partial charge in [0.2, 0.25) is 5.91 Å². The summed E-state index contributed by atoms with van der Waals surface area (Å²) in [6, 6.07) is 14.5. The first kappa shape index (κ1) is 20.5. The van der Waals surface area contributed by atoms with Crippen LogP contribution in [0.4, 0.5) is 5.69 Å². The molecule has 1 aromatic heterocycles. The van der Waals surface area contributed by atoms with Crippen molar-refractivity contribution in [3.63, 3.8) is 0 Å². The molecule has 0 saturated carbocycles. The Hall–Kier alpha value is -2.28. The highest BCUT2D eigenvalue weighted by atomic mass is 16.3. The molecule has 1 fully saturated rings. The van der Waals surface area contributed by atoms with E-state index in [4.69, 9.17) is 0 Å². The fraction of sp³-hybridized carbons (Fsp3) is 0.455. The Labute approximate surface area is 167 Å². The predicted octanol–water partition coefficient (Wildman–Crippen LogP) is 2.42. The molecule has 0 bridgehead atoms. The number of nitrogens with zero attached hydrogens (tertiary/aromatic N) is 3. The zero-order valence-electron chi connectivity index (χ0n) is 16.8. The van der Waals surface area contributed by atoms with Gasteiger partial charge in [0.1, 0.15) is 0 Å². The van der Waals surface area contributed by atoms with Gasteiger partial charge in [-0.1, -0.05) is 18.2 Å². The molecular weight excluding hydrogens is 352 g/mol. The lowest BCUT2D eigenvalue weighted by Gasteiger charge is -2.41. The highest BCUT2D eigenvalue weighted by Crippen LogP contribution is 2.19. The van der Waals surface area contributed by atoms with Crippen LogP contribution in [0.5, 0.6) is 0 Å². The summed E-state index contributed by atoms with van der Waals surface area (Å²) in [5.41, 5.74) is 4.18. The van der Waals surface area contributed by atoms with Gasteiger partial charge in [-0.15, -0.1) is 0 Å². The maximum atomic E-state index is 11.1. The molecule has 3 rings (SSSR count). The number of piperazine rings is 1. The minimum atomic E-state index is -0.0567. The molecule has 0 aliphatic carbocycles. The van der Waals surface area contributed by atoms with Crippen molar-refractivity contribution in [3.8, 4) is 0 Å². The van der Waals surface area contributed by atoms with Crippen LogP contribution in [0.25, 0.3) is 0 Å². The number of nitrogens with one attached hydrogen (secondary N) is 1. The zero-order valence-corrected chi connectivity index (χ0v) is 16.8. The second kappa shape index (κ2) is 9.78. The molecule has 1 aliphatic rings. The number of aliphatic hydroxyl groups excluding tert-OH is 1. The molecule has 0 spiro atoms. The van der Waals surface area contributed by atoms with Gasteiger partial charge in [-0.3, -0.25) is 19.6 Å². The van der Waals surface area contributed by atoms with Crippen LogP contribution in [0, 0.1) is 6.92 Å². The number of rotatable bonds is 7. The Morgan fingerprint density at radius 1 is 1.18 bits per heavy atom. The van der Waals surface area contributed by atoms with Gasteiger partial charge >= 0.3 is 0 Å². The van der Waals surface area contributed by atoms with E-state index in [-0.39, 0.29) is 12.5 Å². The van der Waals surface area contributed by atoms with Gasteiger partial charge < -0.3 is 10.4 Å². The number of aliphatic hydroxyl groups is 1. The molecule has 1 amide bonds. The van der Waals surface area contributed by atoms with E-state index in [1.54, 1.807) is 0 Å². The first-order chi connectivity index (χ1) is 13.5. The fourth-order valence-corrected chi connectivity index (χ4v) is 3.78. The van der Waals surface area contributed by atoms with Crippen molar-refractivity contribution in [1.82, 2.24) is 14.8 Å². The predicted molar refractivity (Wildman–Crippen MR) is 111 cm³/mol. The second-order valence-electron chi connectivity index (χ2n) is 7.52. The fourth-order valence-electron chi connectivity index (χ4n) is 3.78. The van der Waals surface area contributed by atoms with Crippen LogP contribution < -0.4 is 5.32 Å². The standard InChI is InChI=1S/C22H30N4O2/c1-17-4-3-5-21(23-17)15-26-12-11-25(16-22(26)10-13-27)14-19-6-8-20(9-7-19)24-18(2)28/h3-9,22,27H,10-16H2,1-2H3,(H,24,28)/t22-/m0/s1. The zero-order chi connectivity index (χ0) is 19.9. The Balaban J connectivity index is 1.59. The van der Waals surface area contributed by atoms with E-state index in [1.807, 2.05) is 25.1 Å². The largest absolute Gasteiger partial charge is 0.396 e. The monoisotopic (exact) mass is 382 g/mol. The molecule has 1 aliphatic heterocycles. The van der Waals surface area contributed by atoms with Gasteiger partial charge in [0, 0.05) is 63.7 Å². The van der Waals surface area contributed by atoms with Crippen LogP contribution in [-0.2, 0) is 17.9 Å². The summed E-state index contributed by atoms with van der Waals surface area (Å²) in [4.78, 5) is 20.7. The van der Waals surface area contributed by atoms with E-state index < -0.39 is 0 Å². The van der Waals surface area contributed by atoms with Gasteiger partial charge in [-0.25, -0.2) is 0 Å². The first-order valence-corrected chi connectivity index (χ1v) is 9.90. The van der Waals surface area contributed by atoms with E-state index >= 15 is 0 Å². The summed E-state index contributed by atoms with van der Waals surface area (Å²) in [5, 5.41) is 12.3. The second-order valence-corrected chi connectivity index (χ2v) is 7.52. The molecule has 6 heteroatoms. The minimum Gasteiger partial charge on any atom is -0.396 e. The van der Waals surface area contributed by atoms with Crippen LogP contribution in [0.1, 0.15) is 30.3 Å². The lowest BCUT2D eigenvalue weighted by atomic mass is 10.1. The van der Waals surface area contributed by atoms with Crippen LogP contribution in [0.3, 0.4) is 0 Å². The number of aromatic nitrogens is 1. The molecule has 1 atom stereocenters. The Kier molecular flexibility index (Phi) is 7.14. The molecule has 1 aromatic carbocycles. The average Bonchev–Trinajstić information content (AvgIpc) is 2.65. The molecule has 2 N–H and O–H groups in total. The minimum absolute atomic E-state index is 0.0567. The summed E-state index contributed by atoms with van der Waals surface area (Å²) >= 11 is 0. The maximum Gasteiger partial charge on any atom is 0.221 e. The van der Waals surface area contributed by atoms with Gasteiger partial charge in [0.25, 0.3) is 0 Å². The van der Waals surface area contributed by atoms with E-state index in [0.717, 1.165) is 56.2 Å². The number of hydrogen-bond donors (Lipinski definition) is 2. The van der Waals surface area contributed by atoms with Crippen LogP contribution in [-0.4, -0.2) is 58.1 Å². The van der Waals surface area contributed by atoms with Gasteiger partial charge in [-0.2, -0.15) is 0 Å². The number of aryl methyl sites for hydroxylation is 1. The molecule has 0 unspecified atom stereocenters. The van der Waals surface area contributed by atoms with Crippen LogP contribution in [0.15, 0.2) is 42.5 Å². The number of anilines is 1. The normalized spacial score (nSPS) is 18.2. The number of hydrogen-bond acceptors (Lipinski definition) is 5. The number of pyridine rings is 1. The van der Waals surface area contributed by atoms with Crippen LogP contribution >= 0.6 is 0 Å². The number of carbonyl (C=O) groups excluding carboxylic acids is 1. The molecule has 2 heterocycles. The van der Waals surface area contributed by atoms with E-state index in [1.165, 1.54) is 12.5 Å². The Morgan fingerprint density at radius 3 is 2.64 bits per heavy atom. The highest BCUT2D eigenvalue weighted by molar-refractivity contribution is 5.88. The highest BCUT2D eigenvalue weighted by Gasteiger charge is 2.27. The van der Waals surface area contributed by atoms with Crippen molar-refractivity contribution in [2.45, 2.75) is 39.4 Å².